The molecule has 0 bridgehead atoms. The molecule has 1 aromatic heterocycles. The van der Waals surface area contributed by atoms with Crippen molar-refractivity contribution in [3.8, 4) is 0 Å². The summed E-state index contributed by atoms with van der Waals surface area (Å²) >= 11 is 0. The monoisotopic (exact) mass is 616 g/mol. The molecule has 238 valence electrons. The molecule has 1 aromatic carbocycles. The molecule has 2 aromatic rings. The summed E-state index contributed by atoms with van der Waals surface area (Å²) in [6.07, 6.45) is 6.86. The molecule has 12 heteroatoms. The van der Waals surface area contributed by atoms with Gasteiger partial charge in [0.05, 0.1) is 5.69 Å². The third-order valence-corrected chi connectivity index (χ3v) is 6.72. The molecule has 0 radical (unpaired) electrons. The minimum absolute atomic E-state index is 0.0437. The highest BCUT2D eigenvalue weighted by molar-refractivity contribution is 6.16. The van der Waals surface area contributed by atoms with E-state index in [2.05, 4.69) is 15.6 Å². The molecule has 3 heterocycles. The van der Waals surface area contributed by atoms with Crippen LogP contribution in [0.5, 0.6) is 0 Å². The van der Waals surface area contributed by atoms with E-state index in [1.54, 1.807) is 70.8 Å². The lowest BCUT2D eigenvalue weighted by Gasteiger charge is -2.28. The fraction of sp³-hybridized carbons (Fsp3) is 0.394. The van der Waals surface area contributed by atoms with E-state index in [0.29, 0.717) is 43.9 Å². The Kier molecular flexibility index (Phi) is 9.75. The van der Waals surface area contributed by atoms with Crippen LogP contribution in [-0.2, 0) is 25.5 Å². The van der Waals surface area contributed by atoms with Gasteiger partial charge in [-0.05, 0) is 101 Å². The van der Waals surface area contributed by atoms with Crippen molar-refractivity contribution in [3.63, 3.8) is 0 Å². The summed E-state index contributed by atoms with van der Waals surface area (Å²) in [7, 11) is 0. The van der Waals surface area contributed by atoms with Crippen LogP contribution in [0, 0.1) is 5.41 Å². The number of nitrogens with zero attached hydrogens (tertiary/aromatic N) is 3. The van der Waals surface area contributed by atoms with Gasteiger partial charge >= 0.3 is 12.2 Å². The number of rotatable bonds is 4. The van der Waals surface area contributed by atoms with Crippen LogP contribution >= 0.6 is 0 Å². The van der Waals surface area contributed by atoms with Crippen molar-refractivity contribution in [2.45, 2.75) is 72.0 Å². The second-order valence-electron chi connectivity index (χ2n) is 12.8. The van der Waals surface area contributed by atoms with Gasteiger partial charge in [-0.3, -0.25) is 20.3 Å². The van der Waals surface area contributed by atoms with Crippen LogP contribution in [0.15, 0.2) is 48.7 Å². The highest BCUT2D eigenvalue weighted by atomic mass is 16.6. The van der Waals surface area contributed by atoms with E-state index >= 15 is 0 Å². The lowest BCUT2D eigenvalue weighted by atomic mass is 9.99. The number of ether oxygens (including phenoxy) is 2. The number of nitrogens with one attached hydrogen (secondary N) is 3. The van der Waals surface area contributed by atoms with E-state index in [0.717, 1.165) is 27.2 Å². The first kappa shape index (κ1) is 32.9. The number of benzene rings is 1. The van der Waals surface area contributed by atoms with Gasteiger partial charge in [0.25, 0.3) is 0 Å². The Hall–Kier alpha value is -5.00. The van der Waals surface area contributed by atoms with E-state index < -0.39 is 29.3 Å². The predicted molar refractivity (Wildman–Crippen MR) is 172 cm³/mol. The lowest BCUT2D eigenvalue weighted by molar-refractivity contribution is -0.125. The summed E-state index contributed by atoms with van der Waals surface area (Å²) in [5, 5.41) is 13.5. The van der Waals surface area contributed by atoms with Crippen LogP contribution in [0.3, 0.4) is 0 Å². The number of anilines is 2. The maximum absolute atomic E-state index is 13.1. The summed E-state index contributed by atoms with van der Waals surface area (Å²) in [4.78, 5) is 56.8. The molecule has 0 saturated heterocycles. The SMILES string of the molecule is CC(C)(C)OC(=O)NC(=N)N(C(=O)OC(C)(C)C)c1ccc(C2=CCN(C(=O)/C=C/c3cnc4c(c3)CCC(=O)N4)CC2)cc1. The third-order valence-electron chi connectivity index (χ3n) is 6.72. The number of guanidine groups is 1. The number of hydrogen-bond donors (Lipinski definition) is 3. The summed E-state index contributed by atoms with van der Waals surface area (Å²) in [6, 6.07) is 8.92. The van der Waals surface area contributed by atoms with E-state index in [-0.39, 0.29) is 11.8 Å². The average Bonchev–Trinajstić information content (AvgIpc) is 2.94. The zero-order valence-electron chi connectivity index (χ0n) is 26.5. The van der Waals surface area contributed by atoms with Crippen LogP contribution < -0.4 is 15.5 Å². The topological polar surface area (TPSA) is 154 Å². The second-order valence-corrected chi connectivity index (χ2v) is 12.8. The molecular formula is C33H40N6O6. The molecule has 4 amide bonds. The number of alkyl carbamates (subject to hydrolysis) is 1. The zero-order valence-corrected chi connectivity index (χ0v) is 26.5. The number of aromatic nitrogens is 1. The zero-order chi connectivity index (χ0) is 32.9. The quantitative estimate of drug-likeness (QED) is 0.233. The number of aryl methyl sites for hydroxylation is 1. The molecule has 3 N–H and O–H groups in total. The summed E-state index contributed by atoms with van der Waals surface area (Å²) in [6.45, 7) is 11.2. The predicted octanol–water partition coefficient (Wildman–Crippen LogP) is 5.50. The molecule has 2 aliphatic heterocycles. The Labute approximate surface area is 263 Å². The Morgan fingerprint density at radius 1 is 1.02 bits per heavy atom. The molecular weight excluding hydrogens is 576 g/mol. The molecule has 0 atom stereocenters. The molecule has 0 spiro atoms. The first-order chi connectivity index (χ1) is 21.1. The first-order valence-electron chi connectivity index (χ1n) is 14.7. The van der Waals surface area contributed by atoms with Crippen molar-refractivity contribution < 1.29 is 28.7 Å². The minimum Gasteiger partial charge on any atom is -0.444 e. The van der Waals surface area contributed by atoms with Gasteiger partial charge < -0.3 is 19.7 Å². The molecule has 2 aliphatic rings. The number of carbonyl (C=O) groups excluding carboxylic acids is 4. The molecule has 0 aliphatic carbocycles. The highest BCUT2D eigenvalue weighted by Gasteiger charge is 2.29. The number of carbonyl (C=O) groups is 4. The normalized spacial score (nSPS) is 15.0. The Balaban J connectivity index is 1.42. The van der Waals surface area contributed by atoms with Crippen LogP contribution in [0.1, 0.15) is 71.1 Å². The number of amides is 4. The van der Waals surface area contributed by atoms with Crippen molar-refractivity contribution in [1.29, 1.82) is 5.41 Å². The second kappa shape index (κ2) is 13.3. The summed E-state index contributed by atoms with van der Waals surface area (Å²) < 4.78 is 10.7. The molecule has 4 rings (SSSR count). The van der Waals surface area contributed by atoms with Gasteiger partial charge in [-0.2, -0.15) is 0 Å². The third kappa shape index (κ3) is 9.24. The van der Waals surface area contributed by atoms with Crippen LogP contribution in [0.4, 0.5) is 21.1 Å². The van der Waals surface area contributed by atoms with E-state index in [9.17, 15) is 19.2 Å². The molecule has 0 unspecified atom stereocenters. The Morgan fingerprint density at radius 2 is 1.71 bits per heavy atom. The fourth-order valence-electron chi connectivity index (χ4n) is 4.68. The maximum atomic E-state index is 13.1. The largest absolute Gasteiger partial charge is 0.444 e. The average molecular weight is 617 g/mol. The van der Waals surface area contributed by atoms with Gasteiger partial charge in [0.1, 0.15) is 17.0 Å². The van der Waals surface area contributed by atoms with Gasteiger partial charge in [0.15, 0.2) is 0 Å². The number of pyridine rings is 1. The molecule has 0 fully saturated rings. The maximum Gasteiger partial charge on any atom is 0.421 e. The molecule has 12 nitrogen and oxygen atoms in total. The molecule has 0 saturated carbocycles. The van der Waals surface area contributed by atoms with E-state index in [4.69, 9.17) is 14.9 Å². The lowest BCUT2D eigenvalue weighted by Crippen LogP contribution is -2.49. The smallest absolute Gasteiger partial charge is 0.421 e. The summed E-state index contributed by atoms with van der Waals surface area (Å²) in [5.41, 5.74) is 2.40. The van der Waals surface area contributed by atoms with Crippen LogP contribution in [0.2, 0.25) is 0 Å². The standard InChI is InChI=1S/C33H40N6O6/c1-32(2,3)44-30(42)37-29(34)39(31(43)45-33(4,5)6)25-11-8-22(9-12-25)23-15-17-38(18-16-23)27(41)14-7-21-19-24-10-13-26(40)36-28(24)35-20-21/h7-9,11-12,14-15,19-20H,10,13,16-18H2,1-6H3,(H2,34,37,42)(H,35,36,40)/b14-7+. The fourth-order valence-corrected chi connectivity index (χ4v) is 4.68. The highest BCUT2D eigenvalue weighted by Crippen LogP contribution is 2.27. The van der Waals surface area contributed by atoms with Gasteiger partial charge in [-0.25, -0.2) is 19.5 Å². The van der Waals surface area contributed by atoms with Crippen molar-refractivity contribution in [2.75, 3.05) is 23.3 Å². The van der Waals surface area contributed by atoms with Crippen molar-refractivity contribution in [1.82, 2.24) is 15.2 Å². The van der Waals surface area contributed by atoms with Crippen LogP contribution in [-0.4, -0.2) is 64.1 Å². The van der Waals surface area contributed by atoms with E-state index in [1.165, 1.54) is 6.08 Å². The number of fused-ring (bicyclic) bond motifs is 1. The van der Waals surface area contributed by atoms with Gasteiger partial charge in [-0.15, -0.1) is 0 Å². The van der Waals surface area contributed by atoms with Gasteiger partial charge in [-0.1, -0.05) is 18.2 Å². The van der Waals surface area contributed by atoms with Crippen molar-refractivity contribution >= 4 is 53.1 Å². The van der Waals surface area contributed by atoms with E-state index in [1.807, 2.05) is 24.3 Å². The minimum atomic E-state index is -0.867. The Bertz CT molecular complexity index is 1550. The van der Waals surface area contributed by atoms with Crippen molar-refractivity contribution in [2.24, 2.45) is 0 Å². The summed E-state index contributed by atoms with van der Waals surface area (Å²) in [5.74, 6) is -0.0958. The molecule has 45 heavy (non-hydrogen) atoms. The van der Waals surface area contributed by atoms with Gasteiger partial charge in [0, 0.05) is 31.8 Å². The number of hydrogen-bond acceptors (Lipinski definition) is 8. The Morgan fingerprint density at radius 3 is 2.33 bits per heavy atom. The van der Waals surface area contributed by atoms with Crippen molar-refractivity contribution in [3.05, 3.63) is 65.4 Å². The van der Waals surface area contributed by atoms with Gasteiger partial charge in [0.2, 0.25) is 17.8 Å². The first-order valence-corrected chi connectivity index (χ1v) is 14.7. The van der Waals surface area contributed by atoms with Crippen LogP contribution in [0.25, 0.3) is 11.6 Å².